The number of rotatable bonds is 6. The van der Waals surface area contributed by atoms with E-state index in [0.29, 0.717) is 5.56 Å². The molecule has 5 heteroatoms. The van der Waals surface area contributed by atoms with Crippen molar-refractivity contribution in [3.8, 4) is 5.75 Å². The summed E-state index contributed by atoms with van der Waals surface area (Å²) in [6.07, 6.45) is 1.49. The van der Waals surface area contributed by atoms with E-state index in [-0.39, 0.29) is 5.97 Å². The summed E-state index contributed by atoms with van der Waals surface area (Å²) < 4.78 is 11.2. The summed E-state index contributed by atoms with van der Waals surface area (Å²) in [4.78, 5) is 18.3. The molecule has 0 spiro atoms. The molecular weight excluding hydrogens is 388 g/mol. The monoisotopic (exact) mass is 412 g/mol. The van der Waals surface area contributed by atoms with Crippen LogP contribution in [0.4, 0.5) is 5.69 Å². The van der Waals surface area contributed by atoms with Crippen LogP contribution in [-0.2, 0) is 11.3 Å². The maximum absolute atomic E-state index is 12.8. The van der Waals surface area contributed by atoms with Crippen LogP contribution >= 0.6 is 0 Å². The number of aromatic amines is 1. The van der Waals surface area contributed by atoms with Gasteiger partial charge in [-0.1, -0.05) is 36.4 Å². The second kappa shape index (κ2) is 7.84. The van der Waals surface area contributed by atoms with Crippen LogP contribution in [0.3, 0.4) is 0 Å². The van der Waals surface area contributed by atoms with E-state index in [2.05, 4.69) is 35.0 Å². The molecule has 1 atom stereocenters. The fourth-order valence-corrected chi connectivity index (χ4v) is 4.27. The number of benzene rings is 3. The van der Waals surface area contributed by atoms with Crippen LogP contribution in [0.25, 0.3) is 10.9 Å². The van der Waals surface area contributed by atoms with Gasteiger partial charge >= 0.3 is 5.97 Å². The van der Waals surface area contributed by atoms with Gasteiger partial charge in [-0.25, -0.2) is 4.79 Å². The summed E-state index contributed by atoms with van der Waals surface area (Å²) in [7, 11) is 1.65. The van der Waals surface area contributed by atoms with Gasteiger partial charge in [0.25, 0.3) is 0 Å². The van der Waals surface area contributed by atoms with Crippen LogP contribution in [0.5, 0.6) is 5.75 Å². The number of cyclic esters (lactones) is 1. The highest BCUT2D eigenvalue weighted by Gasteiger charge is 2.34. The fraction of sp³-hybridized carbons (Fsp3) is 0.192. The number of fused-ring (bicyclic) bond motifs is 2. The summed E-state index contributed by atoms with van der Waals surface area (Å²) >= 11 is 0. The fourth-order valence-electron chi connectivity index (χ4n) is 4.27. The van der Waals surface area contributed by atoms with E-state index in [0.717, 1.165) is 46.6 Å². The van der Waals surface area contributed by atoms with Crippen LogP contribution in [0.2, 0.25) is 0 Å². The summed E-state index contributed by atoms with van der Waals surface area (Å²) in [6.45, 7) is 3.75. The number of carbonyl (C=O) groups is 1. The lowest BCUT2D eigenvalue weighted by Gasteiger charge is -2.23. The number of nitrogens with zero attached hydrogens (tertiary/aromatic N) is 1. The molecule has 5 nitrogen and oxygen atoms in total. The van der Waals surface area contributed by atoms with Crippen LogP contribution < -0.4 is 9.64 Å². The predicted molar refractivity (Wildman–Crippen MR) is 122 cm³/mol. The van der Waals surface area contributed by atoms with Crippen molar-refractivity contribution in [3.63, 3.8) is 0 Å². The van der Waals surface area contributed by atoms with Crippen molar-refractivity contribution in [1.29, 1.82) is 0 Å². The molecule has 3 aromatic carbocycles. The molecule has 0 saturated carbocycles. The number of carbonyl (C=O) groups excluding carboxylic acids is 1. The number of methoxy groups -OCH3 is 1. The highest BCUT2D eigenvalue weighted by molar-refractivity contribution is 5.97. The summed E-state index contributed by atoms with van der Waals surface area (Å²) in [5, 5.41) is 0.994. The first-order valence-electron chi connectivity index (χ1n) is 10.5. The quantitative estimate of drug-likeness (QED) is 0.427. The van der Waals surface area contributed by atoms with Gasteiger partial charge in [-0.05, 0) is 42.8 Å². The Morgan fingerprint density at radius 3 is 2.65 bits per heavy atom. The van der Waals surface area contributed by atoms with Crippen molar-refractivity contribution in [2.75, 3.05) is 18.6 Å². The number of aromatic nitrogens is 1. The number of hydrogen-bond donors (Lipinski definition) is 1. The molecule has 31 heavy (non-hydrogen) atoms. The molecule has 156 valence electrons. The van der Waals surface area contributed by atoms with Crippen LogP contribution in [0.15, 0.2) is 72.9 Å². The molecule has 4 aromatic rings. The summed E-state index contributed by atoms with van der Waals surface area (Å²) in [6, 6.07) is 22.3. The van der Waals surface area contributed by atoms with Gasteiger partial charge in [-0.15, -0.1) is 0 Å². The third-order valence-corrected chi connectivity index (χ3v) is 5.93. The number of esters is 1. The van der Waals surface area contributed by atoms with E-state index < -0.39 is 6.10 Å². The first-order chi connectivity index (χ1) is 15.2. The molecule has 1 aliphatic rings. The first-order valence-corrected chi connectivity index (χ1v) is 10.5. The molecule has 1 aromatic heterocycles. The minimum Gasteiger partial charge on any atom is -0.497 e. The number of ether oxygens (including phenoxy) is 2. The van der Waals surface area contributed by atoms with Gasteiger partial charge in [0.1, 0.15) is 5.75 Å². The summed E-state index contributed by atoms with van der Waals surface area (Å²) in [5.41, 5.74) is 5.70. The summed E-state index contributed by atoms with van der Waals surface area (Å²) in [5.74, 6) is 0.489. The molecule has 0 fully saturated rings. The third kappa shape index (κ3) is 3.42. The Balaban J connectivity index is 1.50. The zero-order valence-corrected chi connectivity index (χ0v) is 17.6. The standard InChI is InChI=1S/C26H24N2O3/c1-3-28(16-17-7-5-4-6-8-17)18-9-11-20-22(13-18)26(29)31-25(20)23-15-27-24-12-10-19(30-2)14-21(23)24/h4-15,25,27H,3,16H2,1-2H3. The Morgan fingerprint density at radius 1 is 1.03 bits per heavy atom. The van der Waals surface area contributed by atoms with Crippen molar-refractivity contribution in [3.05, 3.63) is 95.2 Å². The first kappa shape index (κ1) is 19.2. The third-order valence-electron chi connectivity index (χ3n) is 5.93. The lowest BCUT2D eigenvalue weighted by Crippen LogP contribution is -2.22. The lowest BCUT2D eigenvalue weighted by atomic mass is 9.98. The van der Waals surface area contributed by atoms with E-state index in [1.165, 1.54) is 5.56 Å². The van der Waals surface area contributed by atoms with Gasteiger partial charge < -0.3 is 19.4 Å². The SMILES string of the molecule is CCN(Cc1ccccc1)c1ccc2c(c1)C(=O)OC2c1c[nH]c2ccc(OC)cc12. The number of hydrogen-bond acceptors (Lipinski definition) is 4. The highest BCUT2D eigenvalue weighted by atomic mass is 16.5. The molecule has 1 aliphatic heterocycles. The molecule has 2 heterocycles. The van der Waals surface area contributed by atoms with E-state index in [9.17, 15) is 4.79 Å². The maximum atomic E-state index is 12.8. The molecule has 1 unspecified atom stereocenters. The number of anilines is 1. The zero-order valence-electron chi connectivity index (χ0n) is 17.6. The van der Waals surface area contributed by atoms with Gasteiger partial charge in [0.05, 0.1) is 12.7 Å². The molecule has 1 N–H and O–H groups in total. The Hall–Kier alpha value is -3.73. The molecule has 0 saturated heterocycles. The van der Waals surface area contributed by atoms with E-state index in [1.807, 2.05) is 54.7 Å². The van der Waals surface area contributed by atoms with Gasteiger partial charge in [-0.3, -0.25) is 0 Å². The van der Waals surface area contributed by atoms with Crippen molar-refractivity contribution in [1.82, 2.24) is 4.98 Å². The highest BCUT2D eigenvalue weighted by Crippen LogP contribution is 2.41. The molecule has 0 radical (unpaired) electrons. The minimum absolute atomic E-state index is 0.283. The predicted octanol–water partition coefficient (Wildman–Crippen LogP) is 5.46. The van der Waals surface area contributed by atoms with Gasteiger partial charge in [-0.2, -0.15) is 0 Å². The smallest absolute Gasteiger partial charge is 0.339 e. The zero-order chi connectivity index (χ0) is 21.4. The van der Waals surface area contributed by atoms with Crippen molar-refractivity contribution in [2.24, 2.45) is 0 Å². The minimum atomic E-state index is -0.429. The normalized spacial score (nSPS) is 15.0. The second-order valence-electron chi connectivity index (χ2n) is 7.71. The Morgan fingerprint density at radius 2 is 1.87 bits per heavy atom. The van der Waals surface area contributed by atoms with Crippen molar-refractivity contribution < 1.29 is 14.3 Å². The van der Waals surface area contributed by atoms with Crippen LogP contribution in [0.1, 0.15) is 40.1 Å². The topological polar surface area (TPSA) is 54.6 Å². The molecule has 0 aliphatic carbocycles. The molecular formula is C26H24N2O3. The second-order valence-corrected chi connectivity index (χ2v) is 7.71. The largest absolute Gasteiger partial charge is 0.497 e. The van der Waals surface area contributed by atoms with E-state index in [4.69, 9.17) is 9.47 Å². The van der Waals surface area contributed by atoms with E-state index in [1.54, 1.807) is 7.11 Å². The van der Waals surface area contributed by atoms with Gasteiger partial charge in [0, 0.05) is 47.0 Å². The van der Waals surface area contributed by atoms with Crippen LogP contribution in [0, 0.1) is 0 Å². The van der Waals surface area contributed by atoms with Crippen molar-refractivity contribution in [2.45, 2.75) is 19.6 Å². The lowest BCUT2D eigenvalue weighted by molar-refractivity contribution is 0.0458. The Labute approximate surface area is 181 Å². The molecule has 5 rings (SSSR count). The van der Waals surface area contributed by atoms with Crippen molar-refractivity contribution >= 4 is 22.6 Å². The number of nitrogens with one attached hydrogen (secondary N) is 1. The molecule has 0 bridgehead atoms. The molecule has 0 amide bonds. The number of H-pyrrole nitrogens is 1. The van der Waals surface area contributed by atoms with Gasteiger partial charge in [0.2, 0.25) is 0 Å². The Kier molecular flexibility index (Phi) is 4.86. The maximum Gasteiger partial charge on any atom is 0.339 e. The average Bonchev–Trinajstić information content (AvgIpc) is 3.38. The van der Waals surface area contributed by atoms with E-state index >= 15 is 0 Å². The average molecular weight is 412 g/mol. The Bertz CT molecular complexity index is 1250. The van der Waals surface area contributed by atoms with Crippen LogP contribution in [-0.4, -0.2) is 24.6 Å². The van der Waals surface area contributed by atoms with Gasteiger partial charge in [0.15, 0.2) is 6.10 Å².